The number of rotatable bonds is 16. The molecule has 0 saturated heterocycles. The molecule has 1 rings (SSSR count). The summed E-state index contributed by atoms with van der Waals surface area (Å²) in [5.74, 6) is -1.30. The van der Waals surface area contributed by atoms with Crippen LogP contribution in [0.4, 0.5) is 0 Å². The molecule has 6 atom stereocenters. The monoisotopic (exact) mass is 454 g/mol. The molecule has 4 N–H and O–H groups in total. The number of carboxylic acid groups (broad SMARTS) is 1. The Kier molecular flexibility index (Phi) is 14.2. The molecule has 0 bridgehead atoms. The van der Waals surface area contributed by atoms with Crippen LogP contribution in [0.3, 0.4) is 0 Å². The summed E-state index contributed by atoms with van der Waals surface area (Å²) in [7, 11) is 0. The van der Waals surface area contributed by atoms with Crippen molar-refractivity contribution in [1.82, 2.24) is 0 Å². The van der Waals surface area contributed by atoms with Crippen LogP contribution in [0, 0.1) is 17.8 Å². The van der Waals surface area contributed by atoms with Crippen molar-refractivity contribution < 1.29 is 34.8 Å². The van der Waals surface area contributed by atoms with Crippen molar-refractivity contribution in [1.29, 1.82) is 0 Å². The molecule has 1 fully saturated rings. The predicted octanol–water partition coefficient (Wildman–Crippen LogP) is 3.96. The lowest BCUT2D eigenvalue weighted by molar-refractivity contribution is -0.144. The molecule has 32 heavy (non-hydrogen) atoms. The lowest BCUT2D eigenvalue weighted by Gasteiger charge is -2.26. The van der Waals surface area contributed by atoms with E-state index in [-0.39, 0.29) is 36.7 Å². The molecular formula is C25H42O7. The average molecular weight is 455 g/mol. The van der Waals surface area contributed by atoms with Gasteiger partial charge in [-0.15, -0.1) is 0 Å². The summed E-state index contributed by atoms with van der Waals surface area (Å²) in [5.41, 5.74) is 0. The number of carbonyl (C=O) groups excluding carboxylic acids is 1. The minimum absolute atomic E-state index is 0.0205. The van der Waals surface area contributed by atoms with Crippen molar-refractivity contribution in [3.8, 4) is 0 Å². The van der Waals surface area contributed by atoms with Gasteiger partial charge in [0.25, 0.3) is 0 Å². The first kappa shape index (κ1) is 28.3. The standard InChI is InChI=1S/C25H42O7/c1-3-4-10-18(2)21(26)13-12-20-19(22(27)17-23(20)28)11-8-6-5-7-9-16-32-25(31)15-14-24(29)30/h5,7,9,16,18-23,26-28H,3-4,6,8,10-15,17H2,1-2H3,(H,29,30)/b7-5+,16-9+/t18?,19-,20-,21+,22+,23-/m1/s1. The van der Waals surface area contributed by atoms with Crippen LogP contribution in [0.1, 0.15) is 84.5 Å². The Morgan fingerprint density at radius 1 is 1.03 bits per heavy atom. The summed E-state index contributed by atoms with van der Waals surface area (Å²) < 4.78 is 4.79. The van der Waals surface area contributed by atoms with E-state index in [1.54, 1.807) is 12.2 Å². The van der Waals surface area contributed by atoms with Gasteiger partial charge in [0.15, 0.2) is 0 Å². The van der Waals surface area contributed by atoms with Crippen LogP contribution in [0.15, 0.2) is 24.5 Å². The average Bonchev–Trinajstić information content (AvgIpc) is 3.02. The van der Waals surface area contributed by atoms with E-state index >= 15 is 0 Å². The molecule has 0 radical (unpaired) electrons. The zero-order valence-corrected chi connectivity index (χ0v) is 19.6. The van der Waals surface area contributed by atoms with Crippen molar-refractivity contribution in [2.24, 2.45) is 17.8 Å². The number of carboxylic acids is 1. The second-order valence-electron chi connectivity index (χ2n) is 9.03. The number of hydrogen-bond donors (Lipinski definition) is 4. The van der Waals surface area contributed by atoms with Gasteiger partial charge >= 0.3 is 11.9 Å². The smallest absolute Gasteiger partial charge is 0.311 e. The number of unbranched alkanes of at least 4 members (excludes halogenated alkanes) is 2. The highest BCUT2D eigenvalue weighted by atomic mass is 16.5. The zero-order chi connectivity index (χ0) is 23.9. The topological polar surface area (TPSA) is 124 Å². The third-order valence-electron chi connectivity index (χ3n) is 6.46. The molecule has 1 unspecified atom stereocenters. The van der Waals surface area contributed by atoms with Crippen LogP contribution in [0.5, 0.6) is 0 Å². The Bertz CT molecular complexity index is 601. The normalized spacial score (nSPS) is 25.4. The second-order valence-corrected chi connectivity index (χ2v) is 9.03. The number of carbonyl (C=O) groups is 2. The van der Waals surface area contributed by atoms with Crippen molar-refractivity contribution in [2.45, 2.75) is 103 Å². The van der Waals surface area contributed by atoms with E-state index in [1.165, 1.54) is 6.26 Å². The third kappa shape index (κ3) is 11.2. The largest absolute Gasteiger partial charge is 0.481 e. The van der Waals surface area contributed by atoms with Crippen LogP contribution >= 0.6 is 0 Å². The van der Waals surface area contributed by atoms with Gasteiger partial charge in [-0.2, -0.15) is 0 Å². The first-order valence-corrected chi connectivity index (χ1v) is 12.0. The molecule has 0 aromatic heterocycles. The SMILES string of the molecule is CCCCC(C)[C@@H](O)CC[C@@H]1[C@@H](CCC/C=C/C=C/OC(=O)CCC(=O)O)[C@@H](O)C[C@H]1O. The molecule has 7 heteroatoms. The molecule has 184 valence electrons. The fourth-order valence-corrected chi connectivity index (χ4v) is 4.42. The van der Waals surface area contributed by atoms with Crippen LogP contribution in [0.25, 0.3) is 0 Å². The molecule has 0 amide bonds. The molecule has 7 nitrogen and oxygen atoms in total. The highest BCUT2D eigenvalue weighted by Gasteiger charge is 2.40. The van der Waals surface area contributed by atoms with E-state index in [1.807, 2.05) is 6.08 Å². The number of ether oxygens (including phenoxy) is 1. The summed E-state index contributed by atoms with van der Waals surface area (Å²) >= 11 is 0. The highest BCUT2D eigenvalue weighted by molar-refractivity contribution is 5.76. The lowest BCUT2D eigenvalue weighted by atomic mass is 9.83. The van der Waals surface area contributed by atoms with Crippen molar-refractivity contribution >= 4 is 11.9 Å². The number of aliphatic hydroxyl groups is 3. The van der Waals surface area contributed by atoms with E-state index in [9.17, 15) is 24.9 Å². The summed E-state index contributed by atoms with van der Waals surface area (Å²) in [6.45, 7) is 4.22. The zero-order valence-electron chi connectivity index (χ0n) is 19.6. The van der Waals surface area contributed by atoms with Gasteiger partial charge in [-0.1, -0.05) is 38.8 Å². The summed E-state index contributed by atoms with van der Waals surface area (Å²) in [4.78, 5) is 21.7. The Hall–Kier alpha value is -1.70. The van der Waals surface area contributed by atoms with Gasteiger partial charge in [-0.05, 0) is 68.8 Å². The fraction of sp³-hybridized carbons (Fsp3) is 0.760. The molecule has 1 saturated carbocycles. The van der Waals surface area contributed by atoms with Gasteiger partial charge < -0.3 is 25.2 Å². The molecule has 0 aliphatic heterocycles. The Morgan fingerprint density at radius 2 is 1.72 bits per heavy atom. The molecule has 1 aliphatic rings. The first-order valence-electron chi connectivity index (χ1n) is 12.0. The van der Waals surface area contributed by atoms with E-state index in [0.29, 0.717) is 12.8 Å². The Morgan fingerprint density at radius 3 is 2.38 bits per heavy atom. The van der Waals surface area contributed by atoms with E-state index in [2.05, 4.69) is 13.8 Å². The minimum Gasteiger partial charge on any atom is -0.481 e. The van der Waals surface area contributed by atoms with Crippen LogP contribution in [-0.2, 0) is 14.3 Å². The number of allylic oxidation sites excluding steroid dienone is 3. The van der Waals surface area contributed by atoms with E-state index in [4.69, 9.17) is 9.84 Å². The number of hydrogen-bond acceptors (Lipinski definition) is 6. The number of aliphatic hydroxyl groups excluding tert-OH is 3. The quantitative estimate of drug-likeness (QED) is 0.120. The highest BCUT2D eigenvalue weighted by Crippen LogP contribution is 2.39. The third-order valence-corrected chi connectivity index (χ3v) is 6.46. The van der Waals surface area contributed by atoms with Gasteiger partial charge in [0.2, 0.25) is 0 Å². The van der Waals surface area contributed by atoms with Gasteiger partial charge in [0.1, 0.15) is 0 Å². The molecule has 0 spiro atoms. The van der Waals surface area contributed by atoms with Crippen molar-refractivity contribution in [3.05, 3.63) is 24.5 Å². The maximum Gasteiger partial charge on any atom is 0.311 e. The fourth-order valence-electron chi connectivity index (χ4n) is 4.42. The molecule has 0 aromatic rings. The number of aliphatic carboxylic acids is 1. The maximum absolute atomic E-state index is 11.3. The minimum atomic E-state index is -1.04. The van der Waals surface area contributed by atoms with Gasteiger partial charge in [0.05, 0.1) is 37.4 Å². The number of esters is 1. The summed E-state index contributed by atoms with van der Waals surface area (Å²) in [5, 5.41) is 39.7. The first-order chi connectivity index (χ1) is 15.3. The van der Waals surface area contributed by atoms with Gasteiger partial charge in [-0.3, -0.25) is 9.59 Å². The second kappa shape index (κ2) is 16.0. The van der Waals surface area contributed by atoms with Crippen LogP contribution in [-0.4, -0.2) is 50.7 Å². The van der Waals surface area contributed by atoms with Gasteiger partial charge in [0, 0.05) is 0 Å². The van der Waals surface area contributed by atoms with E-state index < -0.39 is 24.1 Å². The lowest BCUT2D eigenvalue weighted by Crippen LogP contribution is -2.25. The summed E-state index contributed by atoms with van der Waals surface area (Å²) in [6, 6.07) is 0. The maximum atomic E-state index is 11.3. The molecule has 0 aromatic carbocycles. The molecule has 0 heterocycles. The Balaban J connectivity index is 2.33. The predicted molar refractivity (Wildman–Crippen MR) is 123 cm³/mol. The van der Waals surface area contributed by atoms with Crippen LogP contribution < -0.4 is 0 Å². The van der Waals surface area contributed by atoms with Gasteiger partial charge in [-0.25, -0.2) is 0 Å². The molecule has 1 aliphatic carbocycles. The van der Waals surface area contributed by atoms with Crippen molar-refractivity contribution in [3.63, 3.8) is 0 Å². The van der Waals surface area contributed by atoms with Crippen LogP contribution in [0.2, 0.25) is 0 Å². The van der Waals surface area contributed by atoms with Crippen molar-refractivity contribution in [2.75, 3.05) is 0 Å². The molecular weight excluding hydrogens is 412 g/mol. The van der Waals surface area contributed by atoms with E-state index in [0.717, 1.165) is 44.9 Å². The Labute approximate surface area is 192 Å². The summed E-state index contributed by atoms with van der Waals surface area (Å²) in [6.07, 6.45) is 12.2.